The smallest absolute Gasteiger partial charge is 0.142 e. The van der Waals surface area contributed by atoms with E-state index < -0.39 is 0 Å². The molecule has 4 atom stereocenters. The molecule has 31 heavy (non-hydrogen) atoms. The van der Waals surface area contributed by atoms with Crippen molar-refractivity contribution in [3.8, 4) is 5.75 Å². The molecule has 2 saturated heterocycles. The monoisotopic (exact) mass is 458 g/mol. The molecule has 2 aromatic carbocycles. The molecule has 2 aliphatic heterocycles. The fraction of sp³-hybridized carbons (Fsp3) is 0.400. The molecule has 164 valence electrons. The number of hydrogen-bond donors (Lipinski definition) is 0. The van der Waals surface area contributed by atoms with E-state index in [1.54, 1.807) is 7.11 Å². The van der Waals surface area contributed by atoms with Crippen LogP contribution in [0.2, 0.25) is 5.02 Å². The Morgan fingerprint density at radius 1 is 1.10 bits per heavy atom. The second kappa shape index (κ2) is 9.23. The third kappa shape index (κ3) is 4.34. The Kier molecular flexibility index (Phi) is 6.61. The quantitative estimate of drug-likeness (QED) is 0.463. The van der Waals surface area contributed by atoms with E-state index in [-0.39, 0.29) is 12.4 Å². The van der Waals surface area contributed by atoms with Crippen LogP contribution in [0.25, 0.3) is 0 Å². The van der Waals surface area contributed by atoms with E-state index in [2.05, 4.69) is 47.4 Å². The van der Waals surface area contributed by atoms with E-state index in [1.807, 2.05) is 24.3 Å². The van der Waals surface area contributed by atoms with Crippen molar-refractivity contribution in [3.05, 3.63) is 82.2 Å². The zero-order valence-electron chi connectivity index (χ0n) is 17.8. The van der Waals surface area contributed by atoms with Crippen LogP contribution in [0.4, 0.5) is 0 Å². The molecule has 0 aliphatic carbocycles. The summed E-state index contributed by atoms with van der Waals surface area (Å²) >= 11 is 6.15. The molecular formula is C25H28Cl2N2O2. The van der Waals surface area contributed by atoms with Gasteiger partial charge in [-0.3, -0.25) is 4.90 Å². The van der Waals surface area contributed by atoms with Crippen LogP contribution in [0.5, 0.6) is 5.75 Å². The number of methoxy groups -OCH3 is 1. The Labute approximate surface area is 194 Å². The minimum atomic E-state index is 0. The van der Waals surface area contributed by atoms with Gasteiger partial charge in [-0.25, -0.2) is 0 Å². The normalized spacial score (nSPS) is 25.3. The van der Waals surface area contributed by atoms with Gasteiger partial charge in [-0.2, -0.15) is 0 Å². The number of halogens is 2. The number of aromatic nitrogens is 1. The summed E-state index contributed by atoms with van der Waals surface area (Å²) in [5.74, 6) is 2.62. The van der Waals surface area contributed by atoms with E-state index in [1.165, 1.54) is 24.0 Å². The summed E-state index contributed by atoms with van der Waals surface area (Å²) in [7, 11) is 3.95. The van der Waals surface area contributed by atoms with Crippen molar-refractivity contribution in [2.45, 2.75) is 49.6 Å². The molecule has 0 radical (unpaired) electrons. The van der Waals surface area contributed by atoms with Crippen molar-refractivity contribution in [3.63, 3.8) is 0 Å². The van der Waals surface area contributed by atoms with Crippen LogP contribution in [0.1, 0.15) is 53.7 Å². The molecule has 2 aliphatic rings. The maximum atomic E-state index is 6.15. The van der Waals surface area contributed by atoms with Crippen molar-refractivity contribution in [2.24, 2.45) is 0 Å². The van der Waals surface area contributed by atoms with Crippen molar-refractivity contribution in [2.75, 3.05) is 14.2 Å². The molecule has 2 bridgehead atoms. The first-order chi connectivity index (χ1) is 14.6. The summed E-state index contributed by atoms with van der Waals surface area (Å²) < 4.78 is 11.2. The molecular weight excluding hydrogens is 431 g/mol. The second-order valence-corrected chi connectivity index (χ2v) is 9.07. The lowest BCUT2D eigenvalue weighted by Crippen LogP contribution is -2.44. The number of benzene rings is 2. The lowest BCUT2D eigenvalue weighted by Gasteiger charge is -2.42. The van der Waals surface area contributed by atoms with Gasteiger partial charge >= 0.3 is 0 Å². The maximum Gasteiger partial charge on any atom is 0.142 e. The number of likely N-dealkylation sites (N-methyl/N-ethyl adjacent to an activating group) is 1. The Morgan fingerprint density at radius 3 is 2.55 bits per heavy atom. The number of ether oxygens (including phenoxy) is 1. The summed E-state index contributed by atoms with van der Waals surface area (Å²) in [5, 5.41) is 5.22. The molecule has 0 saturated carbocycles. The van der Waals surface area contributed by atoms with Crippen LogP contribution in [0.3, 0.4) is 0 Å². The van der Waals surface area contributed by atoms with Gasteiger partial charge in [0.05, 0.1) is 12.8 Å². The van der Waals surface area contributed by atoms with E-state index >= 15 is 0 Å². The SMILES string of the molecule is COc1ccc(Cc2cc([C@@H]3C4CCC(C[C@@H]3c3ccc(Cl)cc3)N4C)on2)cc1.Cl. The molecule has 2 fully saturated rings. The summed E-state index contributed by atoms with van der Waals surface area (Å²) in [6.07, 6.45) is 4.38. The second-order valence-electron chi connectivity index (χ2n) is 8.63. The van der Waals surface area contributed by atoms with Crippen LogP contribution >= 0.6 is 24.0 Å². The van der Waals surface area contributed by atoms with E-state index in [4.69, 9.17) is 20.9 Å². The molecule has 3 heterocycles. The molecule has 0 amide bonds. The van der Waals surface area contributed by atoms with Crippen LogP contribution in [-0.2, 0) is 6.42 Å². The lowest BCUT2D eigenvalue weighted by atomic mass is 9.75. The van der Waals surface area contributed by atoms with Gasteiger partial charge < -0.3 is 9.26 Å². The molecule has 3 aromatic rings. The Morgan fingerprint density at radius 2 is 1.84 bits per heavy atom. The standard InChI is InChI=1S/C25H27ClN2O2.ClH/c1-28-20-9-12-23(28)25(22(15-20)17-5-7-18(26)8-6-17)24-14-19(27-30-24)13-16-3-10-21(29-2)11-4-16;/h3-8,10-11,14,20,22-23,25H,9,12-13,15H2,1-2H3;1H/t20?,22-,23?,25+;/m1./s1. The van der Waals surface area contributed by atoms with Gasteiger partial charge in [-0.15, -0.1) is 12.4 Å². The topological polar surface area (TPSA) is 38.5 Å². The fourth-order valence-corrected chi connectivity index (χ4v) is 5.55. The lowest BCUT2D eigenvalue weighted by molar-refractivity contribution is 0.122. The molecule has 1 aromatic heterocycles. The predicted octanol–water partition coefficient (Wildman–Crippen LogP) is 6.08. The first kappa shape index (κ1) is 22.2. The fourth-order valence-electron chi connectivity index (χ4n) is 5.43. The zero-order chi connectivity index (χ0) is 20.7. The van der Waals surface area contributed by atoms with Gasteiger partial charge in [0.25, 0.3) is 0 Å². The number of nitrogens with zero attached hydrogens (tertiary/aromatic N) is 2. The average molecular weight is 459 g/mol. The van der Waals surface area contributed by atoms with E-state index in [0.29, 0.717) is 23.9 Å². The summed E-state index contributed by atoms with van der Waals surface area (Å²) in [6, 6.07) is 19.8. The number of piperidine rings is 1. The van der Waals surface area contributed by atoms with Crippen LogP contribution in [0.15, 0.2) is 59.1 Å². The molecule has 6 heteroatoms. The first-order valence-corrected chi connectivity index (χ1v) is 11.1. The third-order valence-corrected chi connectivity index (χ3v) is 7.27. The largest absolute Gasteiger partial charge is 0.497 e. The Balaban J connectivity index is 0.00000231. The molecule has 0 N–H and O–H groups in total. The number of hydrogen-bond acceptors (Lipinski definition) is 4. The van der Waals surface area contributed by atoms with Crippen molar-refractivity contribution >= 4 is 24.0 Å². The highest BCUT2D eigenvalue weighted by Crippen LogP contribution is 2.51. The first-order valence-electron chi connectivity index (χ1n) is 10.7. The maximum absolute atomic E-state index is 6.15. The highest BCUT2D eigenvalue weighted by atomic mass is 35.5. The third-order valence-electron chi connectivity index (χ3n) is 7.02. The van der Waals surface area contributed by atoms with Gasteiger partial charge in [0.15, 0.2) is 0 Å². The molecule has 5 rings (SSSR count). The summed E-state index contributed by atoms with van der Waals surface area (Å²) in [6.45, 7) is 0. The van der Waals surface area contributed by atoms with Gasteiger partial charge in [-0.1, -0.05) is 41.0 Å². The van der Waals surface area contributed by atoms with Gasteiger partial charge in [0.2, 0.25) is 0 Å². The predicted molar refractivity (Wildman–Crippen MR) is 126 cm³/mol. The van der Waals surface area contributed by atoms with Crippen LogP contribution < -0.4 is 4.74 Å². The number of fused-ring (bicyclic) bond motifs is 2. The Bertz CT molecular complexity index is 1000. The summed E-state index contributed by atoms with van der Waals surface area (Å²) in [4.78, 5) is 2.56. The van der Waals surface area contributed by atoms with E-state index in [9.17, 15) is 0 Å². The average Bonchev–Trinajstić information content (AvgIpc) is 3.30. The van der Waals surface area contributed by atoms with Crippen molar-refractivity contribution < 1.29 is 9.26 Å². The van der Waals surface area contributed by atoms with Crippen molar-refractivity contribution in [1.82, 2.24) is 10.1 Å². The van der Waals surface area contributed by atoms with Gasteiger partial charge in [0.1, 0.15) is 11.5 Å². The van der Waals surface area contributed by atoms with Crippen LogP contribution in [0, 0.1) is 0 Å². The zero-order valence-corrected chi connectivity index (χ0v) is 19.4. The summed E-state index contributed by atoms with van der Waals surface area (Å²) in [5.41, 5.74) is 3.53. The molecule has 4 nitrogen and oxygen atoms in total. The highest BCUT2D eigenvalue weighted by Gasteiger charge is 2.48. The molecule has 2 unspecified atom stereocenters. The number of rotatable bonds is 5. The van der Waals surface area contributed by atoms with E-state index in [0.717, 1.165) is 35.1 Å². The minimum Gasteiger partial charge on any atom is -0.497 e. The van der Waals surface area contributed by atoms with Crippen LogP contribution in [-0.4, -0.2) is 36.3 Å². The Hall–Kier alpha value is -2.01. The molecule has 0 spiro atoms. The highest BCUT2D eigenvalue weighted by molar-refractivity contribution is 6.30. The minimum absolute atomic E-state index is 0. The van der Waals surface area contributed by atoms with Gasteiger partial charge in [0, 0.05) is 35.5 Å². The van der Waals surface area contributed by atoms with Gasteiger partial charge in [-0.05, 0) is 67.6 Å². The van der Waals surface area contributed by atoms with Crippen molar-refractivity contribution in [1.29, 1.82) is 0 Å².